The minimum Gasteiger partial charge on any atom is -0.494 e. The number of hydrogen-bond acceptors (Lipinski definition) is 2. The number of ether oxygens (including phenoxy) is 1. The van der Waals surface area contributed by atoms with Crippen molar-refractivity contribution in [2.75, 3.05) is 13.2 Å². The fraction of sp³-hybridized carbons (Fsp3) is 0.647. The number of para-hydroxylation sites is 1. The molecule has 0 fully saturated rings. The second-order valence-electron chi connectivity index (χ2n) is 5.46. The molecule has 0 radical (unpaired) electrons. The van der Waals surface area contributed by atoms with Crippen LogP contribution in [0, 0.1) is 5.92 Å². The van der Waals surface area contributed by atoms with Crippen molar-refractivity contribution in [1.29, 1.82) is 0 Å². The second-order valence-corrected chi connectivity index (χ2v) is 5.46. The van der Waals surface area contributed by atoms with Gasteiger partial charge >= 0.3 is 0 Å². The standard InChI is InChI=1S/C17H29NO/c1-4-13-18-17(15(2)3)12-8-9-14-19-16-10-6-5-7-11-16/h5-7,10-11,15,17-18H,4,8-9,12-14H2,1-3H3. The number of nitrogens with one attached hydrogen (secondary N) is 1. The Balaban J connectivity index is 2.11. The molecule has 0 spiro atoms. The van der Waals surface area contributed by atoms with Crippen LogP contribution in [0.5, 0.6) is 5.75 Å². The van der Waals surface area contributed by atoms with Crippen molar-refractivity contribution in [1.82, 2.24) is 5.32 Å². The SMILES string of the molecule is CCCNC(CCCCOc1ccccc1)C(C)C. The van der Waals surface area contributed by atoms with E-state index in [0.717, 1.165) is 25.3 Å². The van der Waals surface area contributed by atoms with E-state index >= 15 is 0 Å². The summed E-state index contributed by atoms with van der Waals surface area (Å²) in [6.45, 7) is 8.77. The number of unbranched alkanes of at least 4 members (excludes halogenated alkanes) is 1. The smallest absolute Gasteiger partial charge is 0.119 e. The quantitative estimate of drug-likeness (QED) is 0.637. The van der Waals surface area contributed by atoms with Crippen LogP contribution in [0.1, 0.15) is 46.5 Å². The summed E-state index contributed by atoms with van der Waals surface area (Å²) in [7, 11) is 0. The van der Waals surface area contributed by atoms with Gasteiger partial charge in [0.2, 0.25) is 0 Å². The summed E-state index contributed by atoms with van der Waals surface area (Å²) in [5, 5.41) is 3.64. The van der Waals surface area contributed by atoms with Gasteiger partial charge < -0.3 is 10.1 Å². The third-order valence-corrected chi connectivity index (χ3v) is 3.38. The van der Waals surface area contributed by atoms with Gasteiger partial charge in [-0.3, -0.25) is 0 Å². The highest BCUT2D eigenvalue weighted by Crippen LogP contribution is 2.12. The van der Waals surface area contributed by atoms with E-state index < -0.39 is 0 Å². The molecule has 19 heavy (non-hydrogen) atoms. The maximum atomic E-state index is 5.71. The van der Waals surface area contributed by atoms with Crippen molar-refractivity contribution in [2.45, 2.75) is 52.5 Å². The maximum Gasteiger partial charge on any atom is 0.119 e. The van der Waals surface area contributed by atoms with Crippen molar-refractivity contribution in [3.8, 4) is 5.75 Å². The molecule has 0 aliphatic carbocycles. The molecule has 1 atom stereocenters. The van der Waals surface area contributed by atoms with Crippen LogP contribution >= 0.6 is 0 Å². The summed E-state index contributed by atoms with van der Waals surface area (Å²) in [5.74, 6) is 1.69. The van der Waals surface area contributed by atoms with Crippen LogP contribution in [-0.4, -0.2) is 19.2 Å². The van der Waals surface area contributed by atoms with E-state index in [1.807, 2.05) is 30.3 Å². The Labute approximate surface area is 118 Å². The van der Waals surface area contributed by atoms with Gasteiger partial charge in [-0.25, -0.2) is 0 Å². The zero-order chi connectivity index (χ0) is 13.9. The molecule has 0 heterocycles. The van der Waals surface area contributed by atoms with Crippen LogP contribution in [0.2, 0.25) is 0 Å². The maximum absolute atomic E-state index is 5.71. The van der Waals surface area contributed by atoms with Crippen LogP contribution in [0.15, 0.2) is 30.3 Å². The minimum absolute atomic E-state index is 0.650. The normalized spacial score (nSPS) is 12.6. The van der Waals surface area contributed by atoms with E-state index in [1.54, 1.807) is 0 Å². The molecule has 1 rings (SSSR count). The van der Waals surface area contributed by atoms with Crippen LogP contribution in [0.25, 0.3) is 0 Å². The third kappa shape index (κ3) is 7.22. The molecule has 1 aromatic carbocycles. The molecule has 1 aromatic rings. The molecule has 0 aromatic heterocycles. The topological polar surface area (TPSA) is 21.3 Å². The van der Waals surface area contributed by atoms with E-state index in [2.05, 4.69) is 26.1 Å². The zero-order valence-electron chi connectivity index (χ0n) is 12.7. The van der Waals surface area contributed by atoms with Gasteiger partial charge in [-0.1, -0.05) is 39.0 Å². The largest absolute Gasteiger partial charge is 0.494 e. The van der Waals surface area contributed by atoms with Crippen LogP contribution in [-0.2, 0) is 0 Å². The fourth-order valence-electron chi connectivity index (χ4n) is 2.17. The Morgan fingerprint density at radius 3 is 2.47 bits per heavy atom. The Morgan fingerprint density at radius 1 is 1.11 bits per heavy atom. The average Bonchev–Trinajstić information content (AvgIpc) is 2.42. The third-order valence-electron chi connectivity index (χ3n) is 3.38. The van der Waals surface area contributed by atoms with Crippen LogP contribution in [0.4, 0.5) is 0 Å². The molecule has 0 saturated carbocycles. The molecule has 0 amide bonds. The van der Waals surface area contributed by atoms with Crippen molar-refractivity contribution in [3.05, 3.63) is 30.3 Å². The first-order valence-electron chi connectivity index (χ1n) is 7.65. The highest BCUT2D eigenvalue weighted by atomic mass is 16.5. The van der Waals surface area contributed by atoms with Gasteiger partial charge in [-0.15, -0.1) is 0 Å². The van der Waals surface area contributed by atoms with E-state index in [4.69, 9.17) is 4.74 Å². The summed E-state index contributed by atoms with van der Waals surface area (Å²) in [6.07, 6.45) is 4.81. The number of benzene rings is 1. The first-order valence-corrected chi connectivity index (χ1v) is 7.65. The van der Waals surface area contributed by atoms with Crippen molar-refractivity contribution >= 4 is 0 Å². The van der Waals surface area contributed by atoms with Crippen molar-refractivity contribution in [3.63, 3.8) is 0 Å². The van der Waals surface area contributed by atoms with E-state index in [-0.39, 0.29) is 0 Å². The summed E-state index contributed by atoms with van der Waals surface area (Å²) < 4.78 is 5.71. The van der Waals surface area contributed by atoms with Crippen molar-refractivity contribution in [2.24, 2.45) is 5.92 Å². The number of rotatable bonds is 10. The number of hydrogen-bond donors (Lipinski definition) is 1. The second kappa shape index (κ2) is 9.85. The average molecular weight is 263 g/mol. The zero-order valence-corrected chi connectivity index (χ0v) is 12.7. The Hall–Kier alpha value is -1.02. The summed E-state index contributed by atoms with van der Waals surface area (Å²) in [4.78, 5) is 0. The predicted molar refractivity (Wildman–Crippen MR) is 82.7 cm³/mol. The molecule has 108 valence electrons. The lowest BCUT2D eigenvalue weighted by atomic mass is 9.98. The highest BCUT2D eigenvalue weighted by molar-refractivity contribution is 5.20. The lowest BCUT2D eigenvalue weighted by Gasteiger charge is -2.22. The van der Waals surface area contributed by atoms with E-state index in [9.17, 15) is 0 Å². The fourth-order valence-corrected chi connectivity index (χ4v) is 2.17. The van der Waals surface area contributed by atoms with Crippen LogP contribution < -0.4 is 10.1 Å². The Kier molecular flexibility index (Phi) is 8.31. The highest BCUT2D eigenvalue weighted by Gasteiger charge is 2.11. The van der Waals surface area contributed by atoms with Gasteiger partial charge in [0.15, 0.2) is 0 Å². The predicted octanol–water partition coefficient (Wildman–Crippen LogP) is 4.26. The van der Waals surface area contributed by atoms with E-state index in [0.29, 0.717) is 12.0 Å². The monoisotopic (exact) mass is 263 g/mol. The molecule has 0 aliphatic rings. The van der Waals surface area contributed by atoms with Gasteiger partial charge in [-0.2, -0.15) is 0 Å². The minimum atomic E-state index is 0.650. The molecular weight excluding hydrogens is 234 g/mol. The Bertz CT molecular complexity index is 310. The lowest BCUT2D eigenvalue weighted by molar-refractivity contribution is 0.293. The van der Waals surface area contributed by atoms with Gasteiger partial charge in [0.1, 0.15) is 5.75 Å². The molecule has 2 heteroatoms. The summed E-state index contributed by atoms with van der Waals surface area (Å²) in [5.41, 5.74) is 0. The molecule has 1 N–H and O–H groups in total. The van der Waals surface area contributed by atoms with E-state index in [1.165, 1.54) is 19.3 Å². The Morgan fingerprint density at radius 2 is 1.84 bits per heavy atom. The van der Waals surface area contributed by atoms with Gasteiger partial charge in [0, 0.05) is 6.04 Å². The van der Waals surface area contributed by atoms with Crippen LogP contribution in [0.3, 0.4) is 0 Å². The van der Waals surface area contributed by atoms with Gasteiger partial charge in [0.25, 0.3) is 0 Å². The van der Waals surface area contributed by atoms with Gasteiger partial charge in [-0.05, 0) is 50.3 Å². The lowest BCUT2D eigenvalue weighted by Crippen LogP contribution is -2.34. The summed E-state index contributed by atoms with van der Waals surface area (Å²) >= 11 is 0. The molecule has 2 nitrogen and oxygen atoms in total. The van der Waals surface area contributed by atoms with Gasteiger partial charge in [0.05, 0.1) is 6.61 Å². The van der Waals surface area contributed by atoms with Crippen molar-refractivity contribution < 1.29 is 4.74 Å². The first kappa shape index (κ1) is 16.0. The molecule has 1 unspecified atom stereocenters. The summed E-state index contributed by atoms with van der Waals surface area (Å²) in [6, 6.07) is 10.7. The first-order chi connectivity index (χ1) is 9.24. The molecule has 0 bridgehead atoms. The molecule has 0 saturated heterocycles. The molecule has 0 aliphatic heterocycles. The molecular formula is C17H29NO.